The van der Waals surface area contributed by atoms with E-state index in [9.17, 15) is 4.79 Å². The van der Waals surface area contributed by atoms with Gasteiger partial charge in [0.2, 0.25) is 0 Å². The highest BCUT2D eigenvalue weighted by Gasteiger charge is 2.03. The van der Waals surface area contributed by atoms with Crippen LogP contribution in [0.1, 0.15) is 0 Å². The smallest absolute Gasteiger partial charge is 0.328 e. The zero-order valence-electron chi connectivity index (χ0n) is 9.15. The number of carbonyl (C=O) groups is 1. The van der Waals surface area contributed by atoms with Crippen molar-refractivity contribution in [3.8, 4) is 11.4 Å². The van der Waals surface area contributed by atoms with Gasteiger partial charge in [-0.1, -0.05) is 36.4 Å². The number of aromatic nitrogens is 2. The molecule has 0 amide bonds. The summed E-state index contributed by atoms with van der Waals surface area (Å²) < 4.78 is 1.90. The van der Waals surface area contributed by atoms with Crippen LogP contribution in [-0.2, 0) is 11.3 Å². The van der Waals surface area contributed by atoms with Crippen LogP contribution in [0.3, 0.4) is 0 Å². The van der Waals surface area contributed by atoms with E-state index in [-0.39, 0.29) is 0 Å². The number of allylic oxidation sites excluding steroid dienone is 1. The summed E-state index contributed by atoms with van der Waals surface area (Å²) in [5.41, 5.74) is 1.02. The van der Waals surface area contributed by atoms with E-state index in [2.05, 4.69) is 4.98 Å². The van der Waals surface area contributed by atoms with Crippen molar-refractivity contribution < 1.29 is 9.90 Å². The summed E-state index contributed by atoms with van der Waals surface area (Å²) in [6, 6.07) is 9.78. The molecular weight excluding hydrogens is 216 g/mol. The molecule has 0 radical (unpaired) electrons. The van der Waals surface area contributed by atoms with Gasteiger partial charge in [0.1, 0.15) is 5.82 Å². The third-order valence-corrected chi connectivity index (χ3v) is 2.31. The van der Waals surface area contributed by atoms with E-state index in [1.54, 1.807) is 12.3 Å². The number of rotatable bonds is 4. The van der Waals surface area contributed by atoms with Crippen molar-refractivity contribution in [3.63, 3.8) is 0 Å². The van der Waals surface area contributed by atoms with E-state index < -0.39 is 5.97 Å². The topological polar surface area (TPSA) is 55.1 Å². The minimum atomic E-state index is -0.939. The van der Waals surface area contributed by atoms with Crippen LogP contribution in [0.4, 0.5) is 0 Å². The Morgan fingerprint density at radius 3 is 2.82 bits per heavy atom. The molecule has 0 aliphatic rings. The van der Waals surface area contributed by atoms with Crippen molar-refractivity contribution in [2.75, 3.05) is 0 Å². The molecule has 17 heavy (non-hydrogen) atoms. The fraction of sp³-hybridized carbons (Fsp3) is 0.0769. The minimum Gasteiger partial charge on any atom is -0.478 e. The van der Waals surface area contributed by atoms with Gasteiger partial charge in [-0.2, -0.15) is 0 Å². The highest BCUT2D eigenvalue weighted by molar-refractivity contribution is 5.79. The molecule has 1 aromatic heterocycles. The third kappa shape index (κ3) is 2.81. The molecule has 0 spiro atoms. The molecular formula is C13H12N2O2. The van der Waals surface area contributed by atoms with Crippen molar-refractivity contribution in [1.82, 2.24) is 9.55 Å². The number of benzene rings is 1. The Balaban J connectivity index is 2.21. The van der Waals surface area contributed by atoms with Crippen molar-refractivity contribution in [3.05, 3.63) is 54.9 Å². The predicted octanol–water partition coefficient (Wildman–Crippen LogP) is 2.19. The zero-order valence-corrected chi connectivity index (χ0v) is 9.15. The standard InChI is InChI=1S/C13H12N2O2/c16-12(17)7-4-9-15-10-8-14-13(15)11-5-2-1-3-6-11/h1-8,10H,9H2,(H,16,17). The molecule has 0 atom stereocenters. The summed E-state index contributed by atoms with van der Waals surface area (Å²) in [5, 5.41) is 8.52. The highest BCUT2D eigenvalue weighted by Crippen LogP contribution is 2.16. The van der Waals surface area contributed by atoms with Gasteiger partial charge in [0, 0.05) is 30.6 Å². The molecule has 0 bridgehead atoms. The van der Waals surface area contributed by atoms with Gasteiger partial charge in [0.05, 0.1) is 0 Å². The number of imidazole rings is 1. The Kier molecular flexibility index (Phi) is 3.35. The molecule has 2 rings (SSSR count). The minimum absolute atomic E-state index is 0.497. The fourth-order valence-electron chi connectivity index (χ4n) is 1.57. The first-order valence-corrected chi connectivity index (χ1v) is 5.23. The average Bonchev–Trinajstić information content (AvgIpc) is 2.78. The third-order valence-electron chi connectivity index (χ3n) is 2.31. The van der Waals surface area contributed by atoms with Gasteiger partial charge in [-0.25, -0.2) is 9.78 Å². The van der Waals surface area contributed by atoms with Crippen LogP contribution in [0.25, 0.3) is 11.4 Å². The second-order valence-electron chi connectivity index (χ2n) is 3.51. The Bertz CT molecular complexity index is 529. The number of aliphatic carboxylic acids is 1. The fourth-order valence-corrected chi connectivity index (χ4v) is 1.57. The lowest BCUT2D eigenvalue weighted by Gasteiger charge is -2.04. The van der Waals surface area contributed by atoms with Crippen molar-refractivity contribution >= 4 is 5.97 Å². The zero-order chi connectivity index (χ0) is 12.1. The van der Waals surface area contributed by atoms with Gasteiger partial charge in [-0.3, -0.25) is 0 Å². The maximum atomic E-state index is 10.4. The SMILES string of the molecule is O=C(O)C=CCn1ccnc1-c1ccccc1. The second kappa shape index (κ2) is 5.12. The van der Waals surface area contributed by atoms with Gasteiger partial charge >= 0.3 is 5.97 Å². The highest BCUT2D eigenvalue weighted by atomic mass is 16.4. The van der Waals surface area contributed by atoms with Crippen molar-refractivity contribution in [2.24, 2.45) is 0 Å². The second-order valence-corrected chi connectivity index (χ2v) is 3.51. The summed E-state index contributed by atoms with van der Waals surface area (Å²) in [7, 11) is 0. The van der Waals surface area contributed by atoms with Gasteiger partial charge < -0.3 is 9.67 Å². The molecule has 0 fully saturated rings. The Labute approximate surface area is 98.9 Å². The molecule has 4 heteroatoms. The summed E-state index contributed by atoms with van der Waals surface area (Å²) in [4.78, 5) is 14.6. The Hall–Kier alpha value is -2.36. The normalized spacial score (nSPS) is 10.8. The lowest BCUT2D eigenvalue weighted by Crippen LogP contribution is -1.98. The summed E-state index contributed by atoms with van der Waals surface area (Å²) >= 11 is 0. The molecule has 0 aliphatic heterocycles. The number of carboxylic acids is 1. The largest absolute Gasteiger partial charge is 0.478 e. The first-order valence-electron chi connectivity index (χ1n) is 5.23. The summed E-state index contributed by atoms with van der Waals surface area (Å²) in [6.07, 6.45) is 6.26. The molecule has 86 valence electrons. The summed E-state index contributed by atoms with van der Waals surface area (Å²) in [6.45, 7) is 0.497. The summed E-state index contributed by atoms with van der Waals surface area (Å²) in [5.74, 6) is -0.105. The maximum absolute atomic E-state index is 10.4. The van der Waals surface area contributed by atoms with E-state index in [1.807, 2.05) is 41.1 Å². The maximum Gasteiger partial charge on any atom is 0.328 e. The Morgan fingerprint density at radius 1 is 1.35 bits per heavy atom. The number of nitrogens with zero attached hydrogens (tertiary/aromatic N) is 2. The first kappa shape index (κ1) is 11.1. The number of hydrogen-bond donors (Lipinski definition) is 1. The quantitative estimate of drug-likeness (QED) is 0.816. The van der Waals surface area contributed by atoms with Crippen LogP contribution in [-0.4, -0.2) is 20.6 Å². The monoisotopic (exact) mass is 228 g/mol. The number of hydrogen-bond acceptors (Lipinski definition) is 2. The van der Waals surface area contributed by atoms with Crippen LogP contribution in [0.15, 0.2) is 54.9 Å². The van der Waals surface area contributed by atoms with Crippen LogP contribution in [0.2, 0.25) is 0 Å². The molecule has 1 heterocycles. The van der Waals surface area contributed by atoms with Gasteiger partial charge in [-0.05, 0) is 0 Å². The Morgan fingerprint density at radius 2 is 2.12 bits per heavy atom. The van der Waals surface area contributed by atoms with Gasteiger partial charge in [0.25, 0.3) is 0 Å². The van der Waals surface area contributed by atoms with Crippen molar-refractivity contribution in [1.29, 1.82) is 0 Å². The van der Waals surface area contributed by atoms with Gasteiger partial charge in [-0.15, -0.1) is 0 Å². The lowest BCUT2D eigenvalue weighted by molar-refractivity contribution is -0.131. The van der Waals surface area contributed by atoms with Crippen LogP contribution >= 0.6 is 0 Å². The van der Waals surface area contributed by atoms with Gasteiger partial charge in [0.15, 0.2) is 0 Å². The predicted molar refractivity (Wildman–Crippen MR) is 64.4 cm³/mol. The average molecular weight is 228 g/mol. The molecule has 4 nitrogen and oxygen atoms in total. The molecule has 0 unspecified atom stereocenters. The van der Waals surface area contributed by atoms with Crippen LogP contribution in [0, 0.1) is 0 Å². The van der Waals surface area contributed by atoms with E-state index in [1.165, 1.54) is 0 Å². The van der Waals surface area contributed by atoms with E-state index in [4.69, 9.17) is 5.11 Å². The molecule has 2 aromatic rings. The van der Waals surface area contributed by atoms with Crippen LogP contribution in [0.5, 0.6) is 0 Å². The molecule has 0 saturated carbocycles. The molecule has 0 saturated heterocycles. The van der Waals surface area contributed by atoms with E-state index >= 15 is 0 Å². The first-order chi connectivity index (χ1) is 8.27. The van der Waals surface area contributed by atoms with Crippen LogP contribution < -0.4 is 0 Å². The lowest BCUT2D eigenvalue weighted by atomic mass is 10.2. The molecule has 1 aromatic carbocycles. The van der Waals surface area contributed by atoms with Crippen molar-refractivity contribution in [2.45, 2.75) is 6.54 Å². The molecule has 1 N–H and O–H groups in total. The molecule has 0 aliphatic carbocycles. The van der Waals surface area contributed by atoms with E-state index in [0.29, 0.717) is 6.54 Å². The number of carboxylic acid groups (broad SMARTS) is 1. The van der Waals surface area contributed by atoms with E-state index in [0.717, 1.165) is 17.5 Å².